The highest BCUT2D eigenvalue weighted by atomic mass is 16.5. The van der Waals surface area contributed by atoms with Crippen molar-refractivity contribution >= 4 is 11.8 Å². The Kier molecular flexibility index (Phi) is 5.87. The van der Waals surface area contributed by atoms with E-state index in [2.05, 4.69) is 20.8 Å². The molecule has 2 N–H and O–H groups in total. The number of carbonyl (C=O) groups is 1. The monoisotopic (exact) mass is 224 g/mol. The molecular weight excluding hydrogens is 208 g/mol. The van der Waals surface area contributed by atoms with E-state index in [1.54, 1.807) is 18.3 Å². The number of hydrogen-bond donors (Lipinski definition) is 2. The van der Waals surface area contributed by atoms with Crippen LogP contribution in [-0.2, 0) is 4.74 Å². The van der Waals surface area contributed by atoms with Crippen molar-refractivity contribution in [3.63, 3.8) is 0 Å². The topological polar surface area (TPSA) is 76.1 Å². The first-order chi connectivity index (χ1) is 7.83. The number of amides is 2. The molecule has 1 aromatic heterocycles. The number of aromatic nitrogens is 2. The Morgan fingerprint density at radius 3 is 3.12 bits per heavy atom. The summed E-state index contributed by atoms with van der Waals surface area (Å²) in [6, 6.07) is 3.10. The molecule has 0 aliphatic rings. The van der Waals surface area contributed by atoms with E-state index in [0.29, 0.717) is 25.6 Å². The number of hydrogen-bond acceptors (Lipinski definition) is 4. The van der Waals surface area contributed by atoms with Crippen LogP contribution in [0.25, 0.3) is 0 Å². The van der Waals surface area contributed by atoms with Gasteiger partial charge in [-0.15, -0.1) is 5.10 Å². The standard InChI is InChI=1S/C10H16N4O2/c1-2-16-8-4-6-11-10(15)13-9-5-3-7-12-14-9/h3,5,7H,2,4,6,8H2,1H3,(H2,11,13,14,15). The Bertz CT molecular complexity index is 305. The summed E-state index contributed by atoms with van der Waals surface area (Å²) in [6.45, 7) is 3.87. The van der Waals surface area contributed by atoms with Crippen molar-refractivity contribution in [2.24, 2.45) is 0 Å². The minimum atomic E-state index is -0.281. The lowest BCUT2D eigenvalue weighted by Gasteiger charge is -2.06. The molecule has 0 radical (unpaired) electrons. The van der Waals surface area contributed by atoms with Crippen LogP contribution < -0.4 is 10.6 Å². The number of anilines is 1. The van der Waals surface area contributed by atoms with Gasteiger partial charge in [-0.25, -0.2) is 4.79 Å². The summed E-state index contributed by atoms with van der Waals surface area (Å²) in [4.78, 5) is 11.3. The molecule has 0 atom stereocenters. The molecule has 6 heteroatoms. The van der Waals surface area contributed by atoms with E-state index >= 15 is 0 Å². The lowest BCUT2D eigenvalue weighted by Crippen LogP contribution is -2.30. The first-order valence-electron chi connectivity index (χ1n) is 5.23. The molecule has 0 unspecified atom stereocenters. The zero-order valence-corrected chi connectivity index (χ0v) is 9.27. The number of carbonyl (C=O) groups excluding carboxylic acids is 1. The normalized spacial score (nSPS) is 9.81. The Labute approximate surface area is 94.4 Å². The van der Waals surface area contributed by atoms with E-state index in [4.69, 9.17) is 4.74 Å². The Morgan fingerprint density at radius 1 is 1.56 bits per heavy atom. The summed E-state index contributed by atoms with van der Waals surface area (Å²) in [5.41, 5.74) is 0. The third-order valence-corrected chi connectivity index (χ3v) is 1.77. The van der Waals surface area contributed by atoms with Gasteiger partial charge in [-0.2, -0.15) is 5.10 Å². The minimum absolute atomic E-state index is 0.281. The number of nitrogens with one attached hydrogen (secondary N) is 2. The van der Waals surface area contributed by atoms with Gasteiger partial charge in [-0.1, -0.05) is 0 Å². The SMILES string of the molecule is CCOCCCNC(=O)Nc1cccnn1. The minimum Gasteiger partial charge on any atom is -0.382 e. The molecule has 6 nitrogen and oxygen atoms in total. The average molecular weight is 224 g/mol. The van der Waals surface area contributed by atoms with E-state index in [1.165, 1.54) is 0 Å². The van der Waals surface area contributed by atoms with Crippen LogP contribution in [0.2, 0.25) is 0 Å². The van der Waals surface area contributed by atoms with Gasteiger partial charge in [0.15, 0.2) is 5.82 Å². The van der Waals surface area contributed by atoms with Crippen LogP contribution in [-0.4, -0.2) is 36.0 Å². The van der Waals surface area contributed by atoms with E-state index < -0.39 is 0 Å². The maximum Gasteiger partial charge on any atom is 0.320 e. The summed E-state index contributed by atoms with van der Waals surface area (Å²) in [5, 5.41) is 12.6. The predicted molar refractivity (Wildman–Crippen MR) is 60.2 cm³/mol. The largest absolute Gasteiger partial charge is 0.382 e. The quantitative estimate of drug-likeness (QED) is 0.707. The van der Waals surface area contributed by atoms with Crippen LogP contribution in [0.1, 0.15) is 13.3 Å². The summed E-state index contributed by atoms with van der Waals surface area (Å²) in [7, 11) is 0. The molecule has 0 aliphatic heterocycles. The van der Waals surface area contributed by atoms with Gasteiger partial charge >= 0.3 is 6.03 Å². The molecule has 1 rings (SSSR count). The fourth-order valence-electron chi connectivity index (χ4n) is 1.05. The molecule has 16 heavy (non-hydrogen) atoms. The lowest BCUT2D eigenvalue weighted by atomic mass is 10.4. The smallest absolute Gasteiger partial charge is 0.320 e. The second-order valence-corrected chi connectivity index (χ2v) is 3.04. The number of rotatable bonds is 6. The molecule has 0 bridgehead atoms. The van der Waals surface area contributed by atoms with Crippen LogP contribution in [0, 0.1) is 0 Å². The van der Waals surface area contributed by atoms with Crippen molar-refractivity contribution in [3.05, 3.63) is 18.3 Å². The Morgan fingerprint density at radius 2 is 2.44 bits per heavy atom. The molecule has 1 aromatic rings. The van der Waals surface area contributed by atoms with Crippen molar-refractivity contribution in [2.75, 3.05) is 25.1 Å². The Balaban J connectivity index is 2.12. The maximum atomic E-state index is 11.3. The number of urea groups is 1. The third kappa shape index (κ3) is 5.26. The highest BCUT2D eigenvalue weighted by Gasteiger charge is 2.00. The van der Waals surface area contributed by atoms with Crippen LogP contribution in [0.4, 0.5) is 10.6 Å². The maximum absolute atomic E-state index is 11.3. The van der Waals surface area contributed by atoms with Crippen molar-refractivity contribution in [1.29, 1.82) is 0 Å². The first kappa shape index (κ1) is 12.4. The van der Waals surface area contributed by atoms with Gasteiger partial charge in [0.2, 0.25) is 0 Å². The summed E-state index contributed by atoms with van der Waals surface area (Å²) >= 11 is 0. The van der Waals surface area contributed by atoms with E-state index in [-0.39, 0.29) is 6.03 Å². The lowest BCUT2D eigenvalue weighted by molar-refractivity contribution is 0.145. The Hall–Kier alpha value is -1.69. The number of nitrogens with zero attached hydrogens (tertiary/aromatic N) is 2. The van der Waals surface area contributed by atoms with Gasteiger partial charge in [0.05, 0.1) is 0 Å². The fraction of sp³-hybridized carbons (Fsp3) is 0.500. The molecular formula is C10H16N4O2. The molecule has 1 heterocycles. The van der Waals surface area contributed by atoms with Crippen LogP contribution >= 0.6 is 0 Å². The second-order valence-electron chi connectivity index (χ2n) is 3.04. The van der Waals surface area contributed by atoms with E-state index in [1.807, 2.05) is 6.92 Å². The fourth-order valence-corrected chi connectivity index (χ4v) is 1.05. The number of ether oxygens (including phenoxy) is 1. The van der Waals surface area contributed by atoms with E-state index in [0.717, 1.165) is 6.42 Å². The third-order valence-electron chi connectivity index (χ3n) is 1.77. The van der Waals surface area contributed by atoms with E-state index in [9.17, 15) is 4.79 Å². The summed E-state index contributed by atoms with van der Waals surface area (Å²) in [5.74, 6) is 0.435. The molecule has 0 spiro atoms. The molecule has 0 saturated carbocycles. The van der Waals surface area contributed by atoms with Gasteiger partial charge in [0.25, 0.3) is 0 Å². The second kappa shape index (κ2) is 7.58. The van der Waals surface area contributed by atoms with Crippen molar-refractivity contribution in [1.82, 2.24) is 15.5 Å². The van der Waals surface area contributed by atoms with Gasteiger partial charge in [0, 0.05) is 26.0 Å². The van der Waals surface area contributed by atoms with Gasteiger partial charge in [-0.3, -0.25) is 5.32 Å². The average Bonchev–Trinajstić information content (AvgIpc) is 2.30. The highest BCUT2D eigenvalue weighted by Crippen LogP contribution is 1.96. The molecule has 2 amide bonds. The predicted octanol–water partition coefficient (Wildman–Crippen LogP) is 1.02. The summed E-state index contributed by atoms with van der Waals surface area (Å²) < 4.78 is 5.14. The van der Waals surface area contributed by atoms with Crippen molar-refractivity contribution in [2.45, 2.75) is 13.3 Å². The highest BCUT2D eigenvalue weighted by molar-refractivity contribution is 5.87. The van der Waals surface area contributed by atoms with Crippen molar-refractivity contribution < 1.29 is 9.53 Å². The molecule has 88 valence electrons. The molecule has 0 fully saturated rings. The first-order valence-corrected chi connectivity index (χ1v) is 5.23. The zero-order valence-electron chi connectivity index (χ0n) is 9.27. The van der Waals surface area contributed by atoms with Gasteiger partial charge < -0.3 is 10.1 Å². The molecule has 0 saturated heterocycles. The zero-order chi connectivity index (χ0) is 11.6. The van der Waals surface area contributed by atoms with Crippen molar-refractivity contribution in [3.8, 4) is 0 Å². The molecule has 0 aromatic carbocycles. The summed E-state index contributed by atoms with van der Waals surface area (Å²) in [6.07, 6.45) is 2.34. The molecule has 0 aliphatic carbocycles. The van der Waals surface area contributed by atoms with Gasteiger partial charge in [-0.05, 0) is 25.5 Å². The van der Waals surface area contributed by atoms with Crippen LogP contribution in [0.5, 0.6) is 0 Å². The van der Waals surface area contributed by atoms with Gasteiger partial charge in [0.1, 0.15) is 0 Å². The van der Waals surface area contributed by atoms with Crippen LogP contribution in [0.3, 0.4) is 0 Å². The van der Waals surface area contributed by atoms with Crippen LogP contribution in [0.15, 0.2) is 18.3 Å².